The summed E-state index contributed by atoms with van der Waals surface area (Å²) < 4.78 is 17.2. The highest BCUT2D eigenvalue weighted by Gasteiger charge is 2.18. The first kappa shape index (κ1) is 19.4. The number of nitrogens with zero attached hydrogens (tertiary/aromatic N) is 1. The molecule has 7 nitrogen and oxygen atoms in total. The Morgan fingerprint density at radius 3 is 2.19 bits per heavy atom. The zero-order valence-corrected chi connectivity index (χ0v) is 15.7. The van der Waals surface area contributed by atoms with Crippen LogP contribution in [0.4, 0.5) is 5.69 Å². The number of aryl methyl sites for hydroxylation is 1. The first-order valence-electron chi connectivity index (χ1n) is 8.26. The Bertz CT molecular complexity index is 788. The molecule has 0 saturated heterocycles. The second-order valence-corrected chi connectivity index (χ2v) is 5.74. The number of nitrogens with one attached hydrogen (secondary N) is 1. The average Bonchev–Trinajstić information content (AvgIpc) is 2.89. The van der Waals surface area contributed by atoms with E-state index in [1.54, 1.807) is 56.9 Å². The second-order valence-electron chi connectivity index (χ2n) is 5.74. The lowest BCUT2D eigenvalue weighted by Gasteiger charge is -2.12. The molecule has 0 spiro atoms. The number of carbonyl (C=O) groups is 2. The summed E-state index contributed by atoms with van der Waals surface area (Å²) in [4.78, 5) is 24.4. The lowest BCUT2D eigenvalue weighted by Crippen LogP contribution is -2.20. The summed E-state index contributed by atoms with van der Waals surface area (Å²) in [6.45, 7) is 5.78. The van der Waals surface area contributed by atoms with Crippen LogP contribution < -0.4 is 14.8 Å². The summed E-state index contributed by atoms with van der Waals surface area (Å²) >= 11 is 0. The second kappa shape index (κ2) is 8.42. The van der Waals surface area contributed by atoms with Crippen molar-refractivity contribution in [3.05, 3.63) is 41.2 Å². The van der Waals surface area contributed by atoms with E-state index in [1.165, 1.54) is 0 Å². The van der Waals surface area contributed by atoms with Crippen molar-refractivity contribution in [1.82, 2.24) is 4.57 Å². The molecule has 26 heavy (non-hydrogen) atoms. The van der Waals surface area contributed by atoms with Gasteiger partial charge in [0.2, 0.25) is 5.91 Å². The fraction of sp³-hybridized carbons (Fsp3) is 0.368. The summed E-state index contributed by atoms with van der Waals surface area (Å²) in [6.07, 6.45) is 0. The summed E-state index contributed by atoms with van der Waals surface area (Å²) in [5.74, 6) is 0.553. The molecule has 1 aromatic heterocycles. The number of carbonyl (C=O) groups excluding carboxylic acids is 2. The smallest absolute Gasteiger partial charge is 0.339 e. The zero-order chi connectivity index (χ0) is 19.3. The van der Waals surface area contributed by atoms with Gasteiger partial charge in [-0.15, -0.1) is 0 Å². The molecule has 0 radical (unpaired) electrons. The zero-order valence-electron chi connectivity index (χ0n) is 15.7. The maximum Gasteiger partial charge on any atom is 0.339 e. The molecule has 0 fully saturated rings. The highest BCUT2D eigenvalue weighted by atomic mass is 16.5. The van der Waals surface area contributed by atoms with E-state index in [4.69, 9.17) is 14.2 Å². The predicted molar refractivity (Wildman–Crippen MR) is 98.0 cm³/mol. The van der Waals surface area contributed by atoms with Gasteiger partial charge in [-0.2, -0.15) is 0 Å². The van der Waals surface area contributed by atoms with Crippen LogP contribution in [0.5, 0.6) is 11.5 Å². The number of hydrogen-bond acceptors (Lipinski definition) is 5. The van der Waals surface area contributed by atoms with Gasteiger partial charge in [0.05, 0.1) is 26.4 Å². The number of methoxy groups -OCH3 is 2. The number of esters is 1. The van der Waals surface area contributed by atoms with E-state index in [0.29, 0.717) is 35.1 Å². The maximum absolute atomic E-state index is 12.5. The highest BCUT2D eigenvalue weighted by Crippen LogP contribution is 2.26. The third-order valence-electron chi connectivity index (χ3n) is 4.01. The van der Waals surface area contributed by atoms with Gasteiger partial charge >= 0.3 is 5.97 Å². The van der Waals surface area contributed by atoms with Crippen molar-refractivity contribution in [2.24, 2.45) is 0 Å². The Hall–Kier alpha value is -2.96. The van der Waals surface area contributed by atoms with Gasteiger partial charge in [-0.3, -0.25) is 4.79 Å². The predicted octanol–water partition coefficient (Wildman–Crippen LogP) is 2.94. The van der Waals surface area contributed by atoms with Crippen LogP contribution in [0, 0.1) is 13.8 Å². The van der Waals surface area contributed by atoms with E-state index >= 15 is 0 Å². The van der Waals surface area contributed by atoms with E-state index in [1.807, 2.05) is 6.92 Å². The summed E-state index contributed by atoms with van der Waals surface area (Å²) in [6, 6.07) is 6.87. The Morgan fingerprint density at radius 1 is 1.04 bits per heavy atom. The van der Waals surface area contributed by atoms with Gasteiger partial charge in [0.15, 0.2) is 0 Å². The van der Waals surface area contributed by atoms with Gasteiger partial charge in [-0.1, -0.05) is 0 Å². The lowest BCUT2D eigenvalue weighted by molar-refractivity contribution is -0.116. The third-order valence-corrected chi connectivity index (χ3v) is 4.01. The molecule has 2 rings (SSSR count). The van der Waals surface area contributed by atoms with E-state index in [2.05, 4.69) is 5.32 Å². The number of amides is 1. The molecule has 0 atom stereocenters. The average molecular weight is 360 g/mol. The fourth-order valence-corrected chi connectivity index (χ4v) is 2.68. The van der Waals surface area contributed by atoms with Gasteiger partial charge in [-0.05, 0) is 26.8 Å². The van der Waals surface area contributed by atoms with E-state index < -0.39 is 0 Å². The molecule has 1 aromatic carbocycles. The summed E-state index contributed by atoms with van der Waals surface area (Å²) in [5, 5.41) is 2.82. The molecule has 0 aliphatic carbocycles. The molecule has 140 valence electrons. The quantitative estimate of drug-likeness (QED) is 0.768. The standard InChI is InChI=1S/C19H24N2O5/c1-6-26-19(23)17-7-12(2)21(13(17)3)11-18(22)20-14-8-15(24-4)10-16(9-14)25-5/h7-10H,6,11H2,1-5H3,(H,20,22). The van der Waals surface area contributed by atoms with E-state index in [-0.39, 0.29) is 18.4 Å². The molecule has 1 N–H and O–H groups in total. The normalized spacial score (nSPS) is 10.3. The Labute approximate surface area is 152 Å². The molecule has 0 bridgehead atoms. The third kappa shape index (κ3) is 4.36. The van der Waals surface area contributed by atoms with Crippen LogP contribution in [-0.4, -0.2) is 37.3 Å². The van der Waals surface area contributed by atoms with Gasteiger partial charge < -0.3 is 24.1 Å². The Balaban J connectivity index is 2.17. The van der Waals surface area contributed by atoms with Crippen molar-refractivity contribution in [2.45, 2.75) is 27.3 Å². The van der Waals surface area contributed by atoms with Crippen LogP contribution in [0.15, 0.2) is 24.3 Å². The molecule has 0 aliphatic heterocycles. The SMILES string of the molecule is CCOC(=O)c1cc(C)n(CC(=O)Nc2cc(OC)cc(OC)c2)c1C. The molecular weight excluding hydrogens is 336 g/mol. The summed E-state index contributed by atoms with van der Waals surface area (Å²) in [5.41, 5.74) is 2.54. The molecule has 2 aromatic rings. The molecule has 1 amide bonds. The first-order valence-corrected chi connectivity index (χ1v) is 8.26. The topological polar surface area (TPSA) is 78.8 Å². The van der Waals surface area contributed by atoms with Crippen molar-refractivity contribution < 1.29 is 23.8 Å². The molecular formula is C19H24N2O5. The van der Waals surface area contributed by atoms with Gasteiger partial charge in [-0.25, -0.2) is 4.79 Å². The van der Waals surface area contributed by atoms with Crippen molar-refractivity contribution in [1.29, 1.82) is 0 Å². The number of rotatable bonds is 7. The van der Waals surface area contributed by atoms with Crippen molar-refractivity contribution >= 4 is 17.6 Å². The van der Waals surface area contributed by atoms with Crippen LogP contribution >= 0.6 is 0 Å². The minimum absolute atomic E-state index is 0.0800. The van der Waals surface area contributed by atoms with Gasteiger partial charge in [0.25, 0.3) is 0 Å². The summed E-state index contributed by atoms with van der Waals surface area (Å²) in [7, 11) is 3.09. The lowest BCUT2D eigenvalue weighted by atomic mass is 10.2. The van der Waals surface area contributed by atoms with Crippen molar-refractivity contribution in [2.75, 3.05) is 26.1 Å². The van der Waals surface area contributed by atoms with Crippen molar-refractivity contribution in [3.63, 3.8) is 0 Å². The number of anilines is 1. The fourth-order valence-electron chi connectivity index (χ4n) is 2.68. The Morgan fingerprint density at radius 2 is 1.65 bits per heavy atom. The van der Waals surface area contributed by atoms with Crippen LogP contribution in [0.2, 0.25) is 0 Å². The number of benzene rings is 1. The minimum Gasteiger partial charge on any atom is -0.497 e. The maximum atomic E-state index is 12.5. The minimum atomic E-state index is -0.384. The highest BCUT2D eigenvalue weighted by molar-refractivity contribution is 5.93. The van der Waals surface area contributed by atoms with Gasteiger partial charge in [0.1, 0.15) is 18.0 Å². The van der Waals surface area contributed by atoms with Crippen LogP contribution in [-0.2, 0) is 16.1 Å². The van der Waals surface area contributed by atoms with Crippen LogP contribution in [0.1, 0.15) is 28.7 Å². The molecule has 1 heterocycles. The first-order chi connectivity index (χ1) is 12.4. The molecule has 7 heteroatoms. The van der Waals surface area contributed by atoms with E-state index in [9.17, 15) is 9.59 Å². The number of ether oxygens (including phenoxy) is 3. The van der Waals surface area contributed by atoms with Crippen LogP contribution in [0.25, 0.3) is 0 Å². The largest absolute Gasteiger partial charge is 0.497 e. The van der Waals surface area contributed by atoms with Gasteiger partial charge in [0, 0.05) is 35.3 Å². The molecule has 0 aliphatic rings. The molecule has 0 saturated carbocycles. The molecule has 0 unspecified atom stereocenters. The number of aromatic nitrogens is 1. The van der Waals surface area contributed by atoms with E-state index in [0.717, 1.165) is 5.69 Å². The number of hydrogen-bond donors (Lipinski definition) is 1. The van der Waals surface area contributed by atoms with Crippen molar-refractivity contribution in [3.8, 4) is 11.5 Å². The monoisotopic (exact) mass is 360 g/mol. The Kier molecular flexibility index (Phi) is 6.27. The van der Waals surface area contributed by atoms with Crippen LogP contribution in [0.3, 0.4) is 0 Å².